The smallest absolute Gasteiger partial charge is 0.255 e. The largest absolute Gasteiger partial charge is 0.337 e. The third-order valence-corrected chi connectivity index (χ3v) is 5.56. The Morgan fingerprint density at radius 1 is 1.33 bits per heavy atom. The Morgan fingerprint density at radius 3 is 3.00 bits per heavy atom. The molecular weight excluding hydrogens is 322 g/mol. The molecule has 0 spiro atoms. The van der Waals surface area contributed by atoms with Crippen LogP contribution in [0.2, 0.25) is 0 Å². The van der Waals surface area contributed by atoms with Gasteiger partial charge in [-0.1, -0.05) is 0 Å². The van der Waals surface area contributed by atoms with E-state index >= 15 is 0 Å². The molecule has 1 amide bonds. The molecule has 0 saturated carbocycles. The summed E-state index contributed by atoms with van der Waals surface area (Å²) < 4.78 is 6.48. The van der Waals surface area contributed by atoms with Gasteiger partial charge in [0.1, 0.15) is 10.7 Å². The molecule has 6 nitrogen and oxygen atoms in total. The van der Waals surface area contributed by atoms with Crippen LogP contribution in [-0.2, 0) is 0 Å². The quantitative estimate of drug-likeness (QED) is 0.719. The van der Waals surface area contributed by atoms with E-state index in [1.54, 1.807) is 6.20 Å². The van der Waals surface area contributed by atoms with E-state index in [2.05, 4.69) is 18.9 Å². The number of likely N-dealkylation sites (tertiary alicyclic amines) is 1. The van der Waals surface area contributed by atoms with Crippen LogP contribution in [0, 0.1) is 13.8 Å². The predicted octanol–water partition coefficient (Wildman–Crippen LogP) is 2.98. The van der Waals surface area contributed by atoms with Gasteiger partial charge >= 0.3 is 0 Å². The molecule has 24 heavy (non-hydrogen) atoms. The Morgan fingerprint density at radius 2 is 2.21 bits per heavy atom. The summed E-state index contributed by atoms with van der Waals surface area (Å²) in [5, 5.41) is 0.977. The lowest BCUT2D eigenvalue weighted by atomic mass is 10.0. The summed E-state index contributed by atoms with van der Waals surface area (Å²) in [7, 11) is 0. The van der Waals surface area contributed by atoms with Crippen LogP contribution < -0.4 is 0 Å². The lowest BCUT2D eigenvalue weighted by Crippen LogP contribution is -2.40. The summed E-state index contributed by atoms with van der Waals surface area (Å²) >= 11 is 1.37. The number of fused-ring (bicyclic) bond motifs is 1. The van der Waals surface area contributed by atoms with E-state index in [9.17, 15) is 4.79 Å². The fourth-order valence-electron chi connectivity index (χ4n) is 3.38. The standard InChI is InChI=1S/C17H19N5OS/c1-11-15-8-13(9-19-16(15)24-20-11)17(23)21-6-3-4-14(10-21)22-7-5-18-12(22)2/h5,7-9,14H,3-4,6,10H2,1-2H3/t14-/m0/s1. The zero-order valence-corrected chi connectivity index (χ0v) is 14.6. The van der Waals surface area contributed by atoms with Crippen molar-refractivity contribution in [2.75, 3.05) is 13.1 Å². The number of hydrogen-bond donors (Lipinski definition) is 0. The van der Waals surface area contributed by atoms with Crippen LogP contribution in [0.25, 0.3) is 10.2 Å². The molecule has 1 saturated heterocycles. The van der Waals surface area contributed by atoms with Crippen molar-refractivity contribution in [2.24, 2.45) is 0 Å². The maximum absolute atomic E-state index is 12.9. The van der Waals surface area contributed by atoms with Gasteiger partial charge in [0.05, 0.1) is 17.3 Å². The van der Waals surface area contributed by atoms with Crippen molar-refractivity contribution in [3.63, 3.8) is 0 Å². The van der Waals surface area contributed by atoms with E-state index in [0.717, 1.165) is 47.7 Å². The number of hydrogen-bond acceptors (Lipinski definition) is 5. The first-order valence-corrected chi connectivity index (χ1v) is 8.91. The number of piperidine rings is 1. The van der Waals surface area contributed by atoms with Gasteiger partial charge in [0.15, 0.2) is 0 Å². The van der Waals surface area contributed by atoms with Gasteiger partial charge in [0, 0.05) is 37.1 Å². The van der Waals surface area contributed by atoms with Crippen LogP contribution in [0.5, 0.6) is 0 Å². The molecule has 1 fully saturated rings. The lowest BCUT2D eigenvalue weighted by molar-refractivity contribution is 0.0678. The minimum absolute atomic E-state index is 0.0532. The maximum Gasteiger partial charge on any atom is 0.255 e. The van der Waals surface area contributed by atoms with Gasteiger partial charge < -0.3 is 9.47 Å². The van der Waals surface area contributed by atoms with Crippen molar-refractivity contribution >= 4 is 27.7 Å². The molecule has 1 atom stereocenters. The van der Waals surface area contributed by atoms with E-state index in [0.29, 0.717) is 11.6 Å². The Balaban J connectivity index is 1.58. The van der Waals surface area contributed by atoms with Gasteiger partial charge in [-0.25, -0.2) is 9.97 Å². The van der Waals surface area contributed by atoms with Gasteiger partial charge in [-0.2, -0.15) is 4.37 Å². The number of carbonyl (C=O) groups excluding carboxylic acids is 1. The van der Waals surface area contributed by atoms with Crippen LogP contribution >= 0.6 is 11.5 Å². The highest BCUT2D eigenvalue weighted by atomic mass is 32.1. The molecular formula is C17H19N5OS. The first-order chi connectivity index (χ1) is 11.6. The van der Waals surface area contributed by atoms with E-state index in [1.807, 2.05) is 37.2 Å². The minimum Gasteiger partial charge on any atom is -0.337 e. The van der Waals surface area contributed by atoms with Crippen molar-refractivity contribution < 1.29 is 4.79 Å². The summed E-state index contributed by atoms with van der Waals surface area (Å²) in [4.78, 5) is 24.4. The van der Waals surface area contributed by atoms with Crippen molar-refractivity contribution in [1.29, 1.82) is 0 Å². The van der Waals surface area contributed by atoms with Crippen molar-refractivity contribution in [3.05, 3.63) is 41.7 Å². The molecule has 1 aliphatic heterocycles. The molecule has 0 radical (unpaired) electrons. The second kappa shape index (κ2) is 5.98. The highest BCUT2D eigenvalue weighted by molar-refractivity contribution is 7.12. The molecule has 0 unspecified atom stereocenters. The van der Waals surface area contributed by atoms with Gasteiger partial charge in [0.2, 0.25) is 0 Å². The second-order valence-corrected chi connectivity index (χ2v) is 7.03. The van der Waals surface area contributed by atoms with Crippen LogP contribution in [0.4, 0.5) is 0 Å². The summed E-state index contributed by atoms with van der Waals surface area (Å²) in [6.45, 7) is 5.47. The van der Waals surface area contributed by atoms with Crippen molar-refractivity contribution in [1.82, 2.24) is 23.8 Å². The number of nitrogens with zero attached hydrogens (tertiary/aromatic N) is 5. The Hall–Kier alpha value is -2.28. The number of pyridine rings is 1. The first-order valence-electron chi connectivity index (χ1n) is 8.14. The zero-order valence-electron chi connectivity index (χ0n) is 13.8. The SMILES string of the molecule is Cc1nsc2ncc(C(=O)N3CCC[C@H](n4ccnc4C)C3)cc12. The molecule has 4 rings (SSSR count). The van der Waals surface area contributed by atoms with E-state index in [1.165, 1.54) is 11.5 Å². The van der Waals surface area contributed by atoms with Crippen LogP contribution in [0.15, 0.2) is 24.7 Å². The predicted molar refractivity (Wildman–Crippen MR) is 93.3 cm³/mol. The molecule has 0 bridgehead atoms. The summed E-state index contributed by atoms with van der Waals surface area (Å²) in [5.41, 5.74) is 1.58. The number of aryl methyl sites for hydroxylation is 2. The van der Waals surface area contributed by atoms with Gasteiger partial charge in [-0.05, 0) is 44.3 Å². The third kappa shape index (κ3) is 2.58. The number of carbonyl (C=O) groups is 1. The zero-order chi connectivity index (χ0) is 16.7. The Bertz CT molecular complexity index is 899. The van der Waals surface area contributed by atoms with Gasteiger partial charge in [-0.15, -0.1) is 0 Å². The molecule has 3 aromatic rings. The molecule has 4 heterocycles. The average molecular weight is 341 g/mol. The molecule has 124 valence electrons. The average Bonchev–Trinajstić information content (AvgIpc) is 3.20. The minimum atomic E-state index is 0.0532. The number of imidazole rings is 1. The fraction of sp³-hybridized carbons (Fsp3) is 0.412. The Kier molecular flexibility index (Phi) is 3.80. The van der Waals surface area contributed by atoms with Crippen molar-refractivity contribution in [2.45, 2.75) is 32.7 Å². The van der Waals surface area contributed by atoms with Crippen LogP contribution in [-0.4, -0.2) is 42.8 Å². The molecule has 0 aliphatic carbocycles. The van der Waals surface area contributed by atoms with Gasteiger partial charge in [0.25, 0.3) is 5.91 Å². The number of rotatable bonds is 2. The normalized spacial score (nSPS) is 18.2. The van der Waals surface area contributed by atoms with Crippen LogP contribution in [0.3, 0.4) is 0 Å². The fourth-order valence-corrected chi connectivity index (χ4v) is 4.11. The highest BCUT2D eigenvalue weighted by Gasteiger charge is 2.26. The maximum atomic E-state index is 12.9. The topological polar surface area (TPSA) is 63.9 Å². The van der Waals surface area contributed by atoms with Crippen LogP contribution in [0.1, 0.15) is 40.8 Å². The molecule has 0 N–H and O–H groups in total. The van der Waals surface area contributed by atoms with E-state index in [4.69, 9.17) is 0 Å². The summed E-state index contributed by atoms with van der Waals surface area (Å²) in [6, 6.07) is 2.22. The molecule has 7 heteroatoms. The van der Waals surface area contributed by atoms with E-state index in [-0.39, 0.29) is 5.91 Å². The van der Waals surface area contributed by atoms with E-state index < -0.39 is 0 Å². The Labute approximate surface area is 144 Å². The number of amides is 1. The molecule has 1 aliphatic rings. The molecule has 3 aromatic heterocycles. The first kappa shape index (κ1) is 15.3. The number of aromatic nitrogens is 4. The summed E-state index contributed by atoms with van der Waals surface area (Å²) in [6.07, 6.45) is 7.57. The highest BCUT2D eigenvalue weighted by Crippen LogP contribution is 2.25. The summed E-state index contributed by atoms with van der Waals surface area (Å²) in [5.74, 6) is 1.05. The molecule has 0 aromatic carbocycles. The van der Waals surface area contributed by atoms with Gasteiger partial charge in [-0.3, -0.25) is 4.79 Å². The second-order valence-electron chi connectivity index (χ2n) is 6.27. The lowest BCUT2D eigenvalue weighted by Gasteiger charge is -2.34. The third-order valence-electron chi connectivity index (χ3n) is 4.70. The van der Waals surface area contributed by atoms with Crippen molar-refractivity contribution in [3.8, 4) is 0 Å². The monoisotopic (exact) mass is 341 g/mol.